The Balaban J connectivity index is 2.11. The first-order chi connectivity index (χ1) is 15.2. The molecule has 0 amide bonds. The number of rotatable bonds is 5. The predicted octanol–water partition coefficient (Wildman–Crippen LogP) is 2.44. The molecule has 2 aromatic rings. The maximum Gasteiger partial charge on any atom is 0.202 e. The molecule has 0 radical (unpaired) electrons. The van der Waals surface area contributed by atoms with Crippen molar-refractivity contribution in [2.24, 2.45) is 0 Å². The van der Waals surface area contributed by atoms with Crippen LogP contribution in [0.4, 0.5) is 0 Å². The summed E-state index contributed by atoms with van der Waals surface area (Å²) < 4.78 is 22.2. The Morgan fingerprint density at radius 1 is 0.969 bits per heavy atom. The van der Waals surface area contributed by atoms with Crippen molar-refractivity contribution < 1.29 is 38.4 Å². The lowest BCUT2D eigenvalue weighted by Crippen LogP contribution is -2.45. The van der Waals surface area contributed by atoms with E-state index in [1.54, 1.807) is 18.2 Å². The standard InChI is InChI=1S/C24H24O8/c1-11(25)24(28)9-13-17(15(10-24)30-3)23(32-5)19-18(22(13)31-4)20(26)12-7-6-8-14(29-2)16(12)21(19)27/h6-8,15,28H,9-10H2,1-5H3/t15-,24+/m1/s1. The second-order valence-electron chi connectivity index (χ2n) is 7.94. The maximum absolute atomic E-state index is 13.7. The van der Waals surface area contributed by atoms with Crippen LogP contribution in [0.3, 0.4) is 0 Å². The highest BCUT2D eigenvalue weighted by Gasteiger charge is 2.48. The van der Waals surface area contributed by atoms with Crippen molar-refractivity contribution in [3.05, 3.63) is 51.6 Å². The number of carbonyl (C=O) groups excluding carboxylic acids is 3. The number of benzene rings is 2. The van der Waals surface area contributed by atoms with Gasteiger partial charge in [0.15, 0.2) is 11.6 Å². The average molecular weight is 440 g/mol. The quantitative estimate of drug-likeness (QED) is 0.645. The highest BCUT2D eigenvalue weighted by Crippen LogP contribution is 2.52. The smallest absolute Gasteiger partial charge is 0.202 e. The second kappa shape index (κ2) is 7.72. The van der Waals surface area contributed by atoms with E-state index in [9.17, 15) is 19.5 Å². The molecule has 0 unspecified atom stereocenters. The van der Waals surface area contributed by atoms with Crippen LogP contribution in [0, 0.1) is 0 Å². The largest absolute Gasteiger partial charge is 0.496 e. The van der Waals surface area contributed by atoms with Gasteiger partial charge in [-0.05, 0) is 13.0 Å². The molecule has 2 aliphatic carbocycles. The highest BCUT2D eigenvalue weighted by atomic mass is 16.5. The van der Waals surface area contributed by atoms with Gasteiger partial charge in [-0.25, -0.2) is 0 Å². The van der Waals surface area contributed by atoms with Crippen LogP contribution in [0.1, 0.15) is 62.4 Å². The minimum atomic E-state index is -1.71. The molecule has 0 bridgehead atoms. The van der Waals surface area contributed by atoms with E-state index in [1.165, 1.54) is 35.4 Å². The number of methoxy groups -OCH3 is 4. The molecule has 0 heterocycles. The molecule has 2 aromatic carbocycles. The first-order valence-corrected chi connectivity index (χ1v) is 10.1. The van der Waals surface area contributed by atoms with Gasteiger partial charge in [-0.1, -0.05) is 12.1 Å². The lowest BCUT2D eigenvalue weighted by atomic mass is 9.72. The average Bonchev–Trinajstić information content (AvgIpc) is 2.79. The minimum absolute atomic E-state index is 0.0216. The lowest BCUT2D eigenvalue weighted by Gasteiger charge is -2.39. The summed E-state index contributed by atoms with van der Waals surface area (Å²) in [5.74, 6) is -0.724. The molecule has 0 fully saturated rings. The molecule has 0 saturated carbocycles. The molecule has 4 rings (SSSR count). The van der Waals surface area contributed by atoms with E-state index in [1.807, 2.05) is 0 Å². The van der Waals surface area contributed by atoms with Gasteiger partial charge in [0.2, 0.25) is 5.78 Å². The molecule has 8 nitrogen and oxygen atoms in total. The van der Waals surface area contributed by atoms with Crippen molar-refractivity contribution in [2.45, 2.75) is 31.5 Å². The molecule has 1 N–H and O–H groups in total. The lowest BCUT2D eigenvalue weighted by molar-refractivity contribution is -0.140. The zero-order valence-electron chi connectivity index (χ0n) is 18.5. The molecule has 0 saturated heterocycles. The third kappa shape index (κ3) is 2.87. The Morgan fingerprint density at radius 3 is 2.19 bits per heavy atom. The van der Waals surface area contributed by atoms with Gasteiger partial charge in [-0.2, -0.15) is 0 Å². The van der Waals surface area contributed by atoms with Gasteiger partial charge in [0.25, 0.3) is 0 Å². The summed E-state index contributed by atoms with van der Waals surface area (Å²) in [4.78, 5) is 39.6. The van der Waals surface area contributed by atoms with Crippen LogP contribution in [0.2, 0.25) is 0 Å². The second-order valence-corrected chi connectivity index (χ2v) is 7.94. The summed E-state index contributed by atoms with van der Waals surface area (Å²) in [6.45, 7) is 1.30. The van der Waals surface area contributed by atoms with Crippen LogP contribution in [-0.2, 0) is 16.0 Å². The van der Waals surface area contributed by atoms with E-state index in [2.05, 4.69) is 0 Å². The fourth-order valence-electron chi connectivity index (χ4n) is 4.79. The van der Waals surface area contributed by atoms with Gasteiger partial charge in [0.1, 0.15) is 22.8 Å². The first kappa shape index (κ1) is 22.0. The van der Waals surface area contributed by atoms with E-state index < -0.39 is 29.1 Å². The van der Waals surface area contributed by atoms with Gasteiger partial charge in [-0.15, -0.1) is 0 Å². The summed E-state index contributed by atoms with van der Waals surface area (Å²) in [7, 11) is 5.65. The van der Waals surface area contributed by atoms with E-state index in [0.29, 0.717) is 11.1 Å². The summed E-state index contributed by atoms with van der Waals surface area (Å²) >= 11 is 0. The van der Waals surface area contributed by atoms with Crippen molar-refractivity contribution in [3.63, 3.8) is 0 Å². The summed E-state index contributed by atoms with van der Waals surface area (Å²) in [5, 5.41) is 11.0. The first-order valence-electron chi connectivity index (χ1n) is 10.1. The van der Waals surface area contributed by atoms with Gasteiger partial charge in [-0.3, -0.25) is 14.4 Å². The van der Waals surface area contributed by atoms with Crippen molar-refractivity contribution in [1.29, 1.82) is 0 Å². The molecule has 0 aliphatic heterocycles. The number of ketones is 3. The molecule has 0 spiro atoms. The van der Waals surface area contributed by atoms with Crippen molar-refractivity contribution in [2.75, 3.05) is 28.4 Å². The van der Waals surface area contributed by atoms with Crippen LogP contribution < -0.4 is 14.2 Å². The van der Waals surface area contributed by atoms with Gasteiger partial charge >= 0.3 is 0 Å². The highest BCUT2D eigenvalue weighted by molar-refractivity contribution is 6.31. The zero-order chi connectivity index (χ0) is 23.4. The Bertz CT molecular complexity index is 1170. The summed E-state index contributed by atoms with van der Waals surface area (Å²) in [5.41, 5.74) is -0.386. The Hall–Kier alpha value is -3.23. The Morgan fingerprint density at radius 2 is 1.62 bits per heavy atom. The molecule has 8 heteroatoms. The number of aliphatic hydroxyl groups is 1. The number of fused-ring (bicyclic) bond motifs is 3. The molecule has 2 atom stereocenters. The third-order valence-corrected chi connectivity index (χ3v) is 6.38. The van der Waals surface area contributed by atoms with Crippen LogP contribution in [0.5, 0.6) is 17.2 Å². The number of ether oxygens (including phenoxy) is 4. The normalized spacial score (nSPS) is 21.4. The Kier molecular flexibility index (Phi) is 5.30. The maximum atomic E-state index is 13.7. The zero-order valence-corrected chi connectivity index (χ0v) is 18.5. The number of hydrogen-bond acceptors (Lipinski definition) is 8. The number of carbonyl (C=O) groups is 3. The molecule has 32 heavy (non-hydrogen) atoms. The van der Waals surface area contributed by atoms with Gasteiger partial charge in [0.05, 0.1) is 44.1 Å². The van der Waals surface area contributed by atoms with E-state index in [-0.39, 0.29) is 52.3 Å². The number of hydrogen-bond donors (Lipinski definition) is 1. The van der Waals surface area contributed by atoms with Gasteiger partial charge < -0.3 is 24.1 Å². The monoisotopic (exact) mass is 440 g/mol. The molecular weight excluding hydrogens is 416 g/mol. The molecule has 0 aromatic heterocycles. The van der Waals surface area contributed by atoms with Crippen molar-refractivity contribution in [3.8, 4) is 17.2 Å². The minimum Gasteiger partial charge on any atom is -0.496 e. The topological polar surface area (TPSA) is 108 Å². The fourth-order valence-corrected chi connectivity index (χ4v) is 4.79. The third-order valence-electron chi connectivity index (χ3n) is 6.38. The molecule has 168 valence electrons. The SMILES string of the molecule is COc1cccc2c1C(=O)c1c(OC)c3c(c(OC)c1C2=O)C[C@@](O)(C(C)=O)C[C@H]3OC. The summed E-state index contributed by atoms with van der Waals surface area (Å²) in [6, 6.07) is 4.80. The van der Waals surface area contributed by atoms with Crippen molar-refractivity contribution in [1.82, 2.24) is 0 Å². The van der Waals surface area contributed by atoms with Crippen LogP contribution in [-0.4, -0.2) is 56.5 Å². The summed E-state index contributed by atoms with van der Waals surface area (Å²) in [6.07, 6.45) is -0.882. The fraction of sp³-hybridized carbons (Fsp3) is 0.375. The van der Waals surface area contributed by atoms with Gasteiger partial charge in [0, 0.05) is 36.6 Å². The van der Waals surface area contributed by atoms with Crippen molar-refractivity contribution >= 4 is 17.3 Å². The molecule has 2 aliphatic rings. The molecular formula is C24H24O8. The van der Waals surface area contributed by atoms with E-state index in [4.69, 9.17) is 18.9 Å². The van der Waals surface area contributed by atoms with Crippen LogP contribution >= 0.6 is 0 Å². The van der Waals surface area contributed by atoms with Crippen LogP contribution in [0.15, 0.2) is 18.2 Å². The Labute approximate surface area is 185 Å². The van der Waals surface area contributed by atoms with E-state index >= 15 is 0 Å². The number of Topliss-reactive ketones (excluding diaryl/α,β-unsaturated/α-hetero) is 1. The van der Waals surface area contributed by atoms with Crippen LogP contribution in [0.25, 0.3) is 0 Å². The van der Waals surface area contributed by atoms with E-state index in [0.717, 1.165) is 0 Å². The predicted molar refractivity (Wildman–Crippen MR) is 113 cm³/mol.